The average molecular weight is 215 g/mol. The van der Waals surface area contributed by atoms with E-state index in [1.807, 2.05) is 6.07 Å². The number of carboxylic acid groups (broad SMARTS) is 1. The highest BCUT2D eigenvalue weighted by Gasteiger charge is 2.10. The summed E-state index contributed by atoms with van der Waals surface area (Å²) in [6, 6.07) is 8.65. The molecule has 0 fully saturated rings. The fourth-order valence-electron chi connectivity index (χ4n) is 1.25. The van der Waals surface area contributed by atoms with Crippen LogP contribution in [0.3, 0.4) is 0 Å². The first-order valence-corrected chi connectivity index (χ1v) is 4.64. The van der Waals surface area contributed by atoms with Gasteiger partial charge in [0.25, 0.3) is 0 Å². The van der Waals surface area contributed by atoms with Gasteiger partial charge in [-0.05, 0) is 24.3 Å². The lowest BCUT2D eigenvalue weighted by Gasteiger charge is -2.06. The Morgan fingerprint density at radius 2 is 1.94 bits per heavy atom. The highest BCUT2D eigenvalue weighted by Crippen LogP contribution is 2.16. The van der Waals surface area contributed by atoms with Gasteiger partial charge in [-0.2, -0.15) is 0 Å². The number of nitrogens with zero attached hydrogens (tertiary/aromatic N) is 2. The van der Waals surface area contributed by atoms with Crippen LogP contribution in [0.2, 0.25) is 0 Å². The molecule has 0 atom stereocenters. The summed E-state index contributed by atoms with van der Waals surface area (Å²) in [4.78, 5) is 18.7. The van der Waals surface area contributed by atoms with Crippen LogP contribution in [0, 0.1) is 0 Å². The summed E-state index contributed by atoms with van der Waals surface area (Å²) in [5.41, 5.74) is 0.404. The van der Waals surface area contributed by atoms with Crippen molar-refractivity contribution in [3.63, 3.8) is 0 Å². The van der Waals surface area contributed by atoms with E-state index >= 15 is 0 Å². The third-order valence-corrected chi connectivity index (χ3v) is 1.94. The molecule has 2 heterocycles. The Bertz CT molecular complexity index is 500. The zero-order valence-electron chi connectivity index (χ0n) is 8.29. The Labute approximate surface area is 91.8 Å². The molecule has 0 unspecified atom stereocenters. The van der Waals surface area contributed by atoms with Crippen molar-refractivity contribution < 1.29 is 9.90 Å². The van der Waals surface area contributed by atoms with Gasteiger partial charge in [-0.1, -0.05) is 6.07 Å². The first-order chi connectivity index (χ1) is 7.77. The number of carboxylic acids is 1. The second-order valence-electron chi connectivity index (χ2n) is 3.04. The minimum absolute atomic E-state index is 0.0202. The monoisotopic (exact) mass is 215 g/mol. The lowest BCUT2D eigenvalue weighted by Crippen LogP contribution is -2.05. The van der Waals surface area contributed by atoms with Gasteiger partial charge in [-0.15, -0.1) is 0 Å². The minimum atomic E-state index is -1.07. The van der Waals surface area contributed by atoms with E-state index in [4.69, 9.17) is 5.11 Å². The van der Waals surface area contributed by atoms with Crippen LogP contribution in [-0.2, 0) is 0 Å². The lowest BCUT2D eigenvalue weighted by molar-refractivity contribution is 0.0691. The van der Waals surface area contributed by atoms with Crippen LogP contribution in [0.1, 0.15) is 10.5 Å². The summed E-state index contributed by atoms with van der Waals surface area (Å²) >= 11 is 0. The van der Waals surface area contributed by atoms with Crippen LogP contribution in [0.5, 0.6) is 0 Å². The van der Waals surface area contributed by atoms with E-state index < -0.39 is 5.97 Å². The van der Waals surface area contributed by atoms with Crippen LogP contribution in [-0.4, -0.2) is 21.0 Å². The molecule has 0 aliphatic heterocycles. The van der Waals surface area contributed by atoms with E-state index in [9.17, 15) is 4.79 Å². The first-order valence-electron chi connectivity index (χ1n) is 4.64. The quantitative estimate of drug-likeness (QED) is 0.818. The van der Waals surface area contributed by atoms with Gasteiger partial charge in [0.2, 0.25) is 0 Å². The molecule has 2 N–H and O–H groups in total. The summed E-state index contributed by atoms with van der Waals surface area (Å²) in [5.74, 6) is -0.489. The maximum Gasteiger partial charge on any atom is 0.356 e. The van der Waals surface area contributed by atoms with Gasteiger partial charge in [0.1, 0.15) is 5.82 Å². The van der Waals surface area contributed by atoms with E-state index in [2.05, 4.69) is 15.3 Å². The van der Waals surface area contributed by atoms with Crippen molar-refractivity contribution in [1.82, 2.24) is 9.97 Å². The van der Waals surface area contributed by atoms with Crippen molar-refractivity contribution >= 4 is 17.5 Å². The molecule has 0 saturated carbocycles. The van der Waals surface area contributed by atoms with Crippen molar-refractivity contribution in [3.8, 4) is 0 Å². The Morgan fingerprint density at radius 1 is 1.12 bits per heavy atom. The van der Waals surface area contributed by atoms with Gasteiger partial charge in [-0.25, -0.2) is 14.8 Å². The highest BCUT2D eigenvalue weighted by atomic mass is 16.4. The molecule has 0 amide bonds. The summed E-state index contributed by atoms with van der Waals surface area (Å²) in [6.45, 7) is 0. The lowest BCUT2D eigenvalue weighted by atomic mass is 10.3. The predicted molar refractivity (Wildman–Crippen MR) is 58.7 cm³/mol. The Hall–Kier alpha value is -2.43. The van der Waals surface area contributed by atoms with Crippen molar-refractivity contribution in [2.24, 2.45) is 0 Å². The van der Waals surface area contributed by atoms with Crippen LogP contribution in [0.4, 0.5) is 11.5 Å². The SMILES string of the molecule is O=C(O)c1ncccc1Nc1ccccn1. The molecule has 0 saturated heterocycles. The third-order valence-electron chi connectivity index (χ3n) is 1.94. The minimum Gasteiger partial charge on any atom is -0.476 e. The molecule has 0 bridgehead atoms. The molecule has 0 aliphatic carbocycles. The molecular weight excluding hydrogens is 206 g/mol. The highest BCUT2D eigenvalue weighted by molar-refractivity contribution is 5.92. The Kier molecular flexibility index (Phi) is 2.77. The number of aromatic nitrogens is 2. The van der Waals surface area contributed by atoms with Crippen molar-refractivity contribution in [2.75, 3.05) is 5.32 Å². The zero-order valence-corrected chi connectivity index (χ0v) is 8.29. The van der Waals surface area contributed by atoms with Crippen LogP contribution in [0.15, 0.2) is 42.7 Å². The van der Waals surface area contributed by atoms with Crippen molar-refractivity contribution in [2.45, 2.75) is 0 Å². The molecule has 5 nitrogen and oxygen atoms in total. The number of nitrogens with one attached hydrogen (secondary N) is 1. The Morgan fingerprint density at radius 3 is 2.62 bits per heavy atom. The molecule has 2 aromatic heterocycles. The zero-order chi connectivity index (χ0) is 11.4. The maximum atomic E-state index is 10.9. The molecule has 0 aromatic carbocycles. The number of aromatic carboxylic acids is 1. The van der Waals surface area contributed by atoms with Gasteiger partial charge < -0.3 is 10.4 Å². The van der Waals surface area contributed by atoms with Crippen LogP contribution < -0.4 is 5.32 Å². The number of rotatable bonds is 3. The normalized spacial score (nSPS) is 9.75. The van der Waals surface area contributed by atoms with Gasteiger partial charge in [0, 0.05) is 12.4 Å². The molecular formula is C11H9N3O2. The fourth-order valence-corrected chi connectivity index (χ4v) is 1.25. The molecule has 0 radical (unpaired) electrons. The van der Waals surface area contributed by atoms with Gasteiger partial charge in [0.05, 0.1) is 5.69 Å². The second kappa shape index (κ2) is 4.39. The topological polar surface area (TPSA) is 75.1 Å². The number of carbonyl (C=O) groups is 1. The first kappa shape index (κ1) is 10.1. The molecule has 0 spiro atoms. The van der Waals surface area contributed by atoms with Gasteiger partial charge >= 0.3 is 5.97 Å². The number of anilines is 2. The summed E-state index contributed by atoms with van der Waals surface area (Å²) in [7, 11) is 0. The average Bonchev–Trinajstić information content (AvgIpc) is 2.31. The molecule has 0 aliphatic rings. The largest absolute Gasteiger partial charge is 0.476 e. The maximum absolute atomic E-state index is 10.9. The van der Waals surface area contributed by atoms with E-state index in [0.29, 0.717) is 11.5 Å². The molecule has 80 valence electrons. The van der Waals surface area contributed by atoms with E-state index in [1.165, 1.54) is 6.20 Å². The number of hydrogen-bond donors (Lipinski definition) is 2. The van der Waals surface area contributed by atoms with Crippen molar-refractivity contribution in [3.05, 3.63) is 48.4 Å². The molecule has 2 rings (SSSR count). The predicted octanol–water partition coefficient (Wildman–Crippen LogP) is 1.92. The van der Waals surface area contributed by atoms with Crippen LogP contribution in [0.25, 0.3) is 0 Å². The summed E-state index contributed by atoms with van der Waals surface area (Å²) in [6.07, 6.45) is 3.06. The number of hydrogen-bond acceptors (Lipinski definition) is 4. The van der Waals surface area contributed by atoms with Crippen molar-refractivity contribution in [1.29, 1.82) is 0 Å². The fraction of sp³-hybridized carbons (Fsp3) is 0. The molecule has 16 heavy (non-hydrogen) atoms. The van der Waals surface area contributed by atoms with Gasteiger partial charge in [-0.3, -0.25) is 0 Å². The summed E-state index contributed by atoms with van der Waals surface area (Å²) in [5, 5.41) is 11.8. The molecule has 2 aromatic rings. The molecule has 5 heteroatoms. The second-order valence-corrected chi connectivity index (χ2v) is 3.04. The summed E-state index contributed by atoms with van der Waals surface area (Å²) < 4.78 is 0. The van der Waals surface area contributed by atoms with E-state index in [-0.39, 0.29) is 5.69 Å². The standard InChI is InChI=1S/C11H9N3O2/c15-11(16)10-8(4-3-7-13-10)14-9-5-1-2-6-12-9/h1-7H,(H,12,14)(H,15,16). The van der Waals surface area contributed by atoms with Gasteiger partial charge in [0.15, 0.2) is 5.69 Å². The Balaban J connectivity index is 2.31. The smallest absolute Gasteiger partial charge is 0.356 e. The van der Waals surface area contributed by atoms with E-state index in [1.54, 1.807) is 30.5 Å². The van der Waals surface area contributed by atoms with Crippen LogP contribution >= 0.6 is 0 Å². The number of pyridine rings is 2. The van der Waals surface area contributed by atoms with E-state index in [0.717, 1.165) is 0 Å². The third kappa shape index (κ3) is 2.14.